The molecule has 0 aliphatic heterocycles. The fraction of sp³-hybridized carbons (Fsp3) is 0.929. The first-order chi connectivity index (χ1) is 8.05. The Balaban J connectivity index is 1.61. The zero-order valence-electron chi connectivity index (χ0n) is 10.4. The third kappa shape index (κ3) is 1.15. The second-order valence-electron chi connectivity index (χ2n) is 7.31. The predicted octanol–water partition coefficient (Wildman–Crippen LogP) is 2.54. The van der Waals surface area contributed by atoms with E-state index in [0.29, 0.717) is 17.4 Å². The number of ether oxygens (including phenoxy) is 1. The molecule has 0 saturated heterocycles. The van der Waals surface area contributed by atoms with Crippen LogP contribution in [0.1, 0.15) is 39.0 Å². The molecule has 0 heterocycles. The van der Waals surface area contributed by atoms with Gasteiger partial charge in [0.05, 0.1) is 6.61 Å². The molecule has 4 unspecified atom stereocenters. The van der Waals surface area contributed by atoms with Crippen LogP contribution in [0, 0.1) is 34.5 Å². The Bertz CT molecular complexity index is 396. The van der Waals surface area contributed by atoms with Crippen molar-refractivity contribution < 1.29 is 9.53 Å². The van der Waals surface area contributed by atoms with E-state index >= 15 is 0 Å². The molecule has 6 atom stereocenters. The number of carbonyl (C=O) groups excluding carboxylic acids is 1. The molecule has 5 saturated carbocycles. The molecule has 3 heteroatoms. The first-order valence-electron chi connectivity index (χ1n) is 6.97. The maximum Gasteiger partial charge on any atom is 0.404 e. The van der Waals surface area contributed by atoms with Crippen molar-refractivity contribution in [3.05, 3.63) is 0 Å². The third-order valence-corrected chi connectivity index (χ3v) is 6.45. The number of carbonyl (C=O) groups is 1. The van der Waals surface area contributed by atoms with Gasteiger partial charge in [-0.05, 0) is 61.2 Å². The summed E-state index contributed by atoms with van der Waals surface area (Å²) in [5.41, 5.74) is 6.07. The minimum Gasteiger partial charge on any atom is -0.449 e. The van der Waals surface area contributed by atoms with Gasteiger partial charge in [0.2, 0.25) is 0 Å². The Kier molecular flexibility index (Phi) is 1.69. The normalized spacial score (nSPS) is 57.7. The van der Waals surface area contributed by atoms with Crippen molar-refractivity contribution in [2.45, 2.75) is 39.0 Å². The molecule has 5 aliphatic rings. The Morgan fingerprint density at radius 3 is 2.94 bits per heavy atom. The van der Waals surface area contributed by atoms with E-state index in [-0.39, 0.29) is 0 Å². The summed E-state index contributed by atoms with van der Waals surface area (Å²) in [6, 6.07) is 0. The highest BCUT2D eigenvalue weighted by atomic mass is 16.5. The molecule has 4 bridgehead atoms. The van der Waals surface area contributed by atoms with Gasteiger partial charge in [0.1, 0.15) is 0 Å². The van der Waals surface area contributed by atoms with Crippen LogP contribution in [-0.4, -0.2) is 12.7 Å². The van der Waals surface area contributed by atoms with Gasteiger partial charge in [-0.1, -0.05) is 6.92 Å². The Labute approximate surface area is 102 Å². The molecule has 94 valence electrons. The largest absolute Gasteiger partial charge is 0.449 e. The maximum atomic E-state index is 10.8. The van der Waals surface area contributed by atoms with Crippen molar-refractivity contribution in [1.29, 1.82) is 0 Å². The molecule has 0 aromatic rings. The lowest BCUT2D eigenvalue weighted by atomic mass is 9.49. The summed E-state index contributed by atoms with van der Waals surface area (Å²) in [5, 5.41) is 0. The summed E-state index contributed by atoms with van der Waals surface area (Å²) in [6.07, 6.45) is 6.15. The molecular formula is C14H21NO2. The topological polar surface area (TPSA) is 52.3 Å². The van der Waals surface area contributed by atoms with E-state index in [1.165, 1.54) is 32.1 Å². The Morgan fingerprint density at radius 1 is 1.41 bits per heavy atom. The molecule has 3 nitrogen and oxygen atoms in total. The molecule has 0 aromatic carbocycles. The molecule has 17 heavy (non-hydrogen) atoms. The predicted molar refractivity (Wildman–Crippen MR) is 63.1 cm³/mol. The number of rotatable bonds is 2. The molecule has 1 spiro atoms. The number of nitrogens with two attached hydrogens (primary N) is 1. The lowest BCUT2D eigenvalue weighted by Gasteiger charge is -2.56. The van der Waals surface area contributed by atoms with Crippen molar-refractivity contribution in [1.82, 2.24) is 0 Å². The Hall–Kier alpha value is -0.730. The SMILES string of the molecule is CC1[C@H]2C3CC4CC12C[C@](COC(N)=O)(C4)C3. The van der Waals surface area contributed by atoms with Gasteiger partial charge in [-0.3, -0.25) is 0 Å². The minimum absolute atomic E-state index is 0.294. The molecule has 1 amide bonds. The molecule has 0 radical (unpaired) electrons. The lowest BCUT2D eigenvalue weighted by Crippen LogP contribution is -2.49. The van der Waals surface area contributed by atoms with Gasteiger partial charge in [0, 0.05) is 5.41 Å². The maximum absolute atomic E-state index is 10.8. The fourth-order valence-electron chi connectivity index (χ4n) is 6.34. The van der Waals surface area contributed by atoms with Gasteiger partial charge >= 0.3 is 6.09 Å². The van der Waals surface area contributed by atoms with E-state index in [1.54, 1.807) is 0 Å². The highest BCUT2D eigenvalue weighted by Crippen LogP contribution is 2.81. The summed E-state index contributed by atoms with van der Waals surface area (Å²) in [7, 11) is 0. The van der Waals surface area contributed by atoms with Crippen LogP contribution in [0.3, 0.4) is 0 Å². The first-order valence-corrected chi connectivity index (χ1v) is 6.97. The second kappa shape index (κ2) is 2.81. The first kappa shape index (κ1) is 10.2. The number of amides is 1. The van der Waals surface area contributed by atoms with Crippen molar-refractivity contribution in [3.63, 3.8) is 0 Å². The van der Waals surface area contributed by atoms with Gasteiger partial charge in [0.25, 0.3) is 0 Å². The fourth-order valence-corrected chi connectivity index (χ4v) is 6.34. The second-order valence-corrected chi connectivity index (χ2v) is 7.31. The molecule has 5 aliphatic carbocycles. The highest BCUT2D eigenvalue weighted by Gasteiger charge is 2.74. The van der Waals surface area contributed by atoms with E-state index in [9.17, 15) is 4.79 Å². The summed E-state index contributed by atoms with van der Waals surface area (Å²) in [5.74, 6) is 3.75. The van der Waals surface area contributed by atoms with E-state index in [2.05, 4.69) is 6.92 Å². The van der Waals surface area contributed by atoms with Crippen LogP contribution in [0.4, 0.5) is 4.79 Å². The van der Waals surface area contributed by atoms with Crippen molar-refractivity contribution in [2.75, 3.05) is 6.61 Å². The summed E-state index contributed by atoms with van der Waals surface area (Å²) in [6.45, 7) is 3.02. The summed E-state index contributed by atoms with van der Waals surface area (Å²) < 4.78 is 5.16. The van der Waals surface area contributed by atoms with Gasteiger partial charge in [0.15, 0.2) is 0 Å². The standard InChI is InChI=1S/C14H21NO2/c1-8-11-10-2-9-3-13(5-10,7-17-12(15)16)6-14(8,11)4-9/h8-11H,2-7H2,1H3,(H2,15,16)/t8?,9?,10?,11-,13-,14?/m0/s1. The molecule has 0 aromatic heterocycles. The average Bonchev–Trinajstić information content (AvgIpc) is 2.80. The van der Waals surface area contributed by atoms with Crippen LogP contribution in [-0.2, 0) is 4.74 Å². The zero-order chi connectivity index (χ0) is 11.8. The minimum atomic E-state index is -0.598. The van der Waals surface area contributed by atoms with Crippen LogP contribution in [0.25, 0.3) is 0 Å². The zero-order valence-corrected chi connectivity index (χ0v) is 10.4. The van der Waals surface area contributed by atoms with Gasteiger partial charge in [-0.15, -0.1) is 0 Å². The van der Waals surface area contributed by atoms with Crippen LogP contribution in [0.15, 0.2) is 0 Å². The van der Waals surface area contributed by atoms with Crippen LogP contribution >= 0.6 is 0 Å². The van der Waals surface area contributed by atoms with Crippen molar-refractivity contribution >= 4 is 6.09 Å². The summed E-state index contributed by atoms with van der Waals surface area (Å²) in [4.78, 5) is 10.8. The Morgan fingerprint density at radius 2 is 2.24 bits per heavy atom. The third-order valence-electron chi connectivity index (χ3n) is 6.45. The number of primary amides is 1. The molecular weight excluding hydrogens is 214 g/mol. The van der Waals surface area contributed by atoms with E-state index in [0.717, 1.165) is 23.7 Å². The van der Waals surface area contributed by atoms with E-state index in [1.807, 2.05) is 0 Å². The molecule has 5 fully saturated rings. The highest BCUT2D eigenvalue weighted by molar-refractivity contribution is 5.64. The van der Waals surface area contributed by atoms with Crippen LogP contribution in [0.5, 0.6) is 0 Å². The van der Waals surface area contributed by atoms with Crippen LogP contribution < -0.4 is 5.73 Å². The van der Waals surface area contributed by atoms with Gasteiger partial charge in [-0.2, -0.15) is 0 Å². The van der Waals surface area contributed by atoms with Gasteiger partial charge in [-0.25, -0.2) is 4.79 Å². The smallest absolute Gasteiger partial charge is 0.404 e. The van der Waals surface area contributed by atoms with E-state index in [4.69, 9.17) is 10.5 Å². The molecule has 2 N–H and O–H groups in total. The average molecular weight is 235 g/mol. The van der Waals surface area contributed by atoms with Crippen molar-refractivity contribution in [2.24, 2.45) is 40.2 Å². The number of hydrogen-bond acceptors (Lipinski definition) is 2. The van der Waals surface area contributed by atoms with E-state index < -0.39 is 6.09 Å². The lowest BCUT2D eigenvalue weighted by molar-refractivity contribution is -0.0874. The quantitative estimate of drug-likeness (QED) is 0.799. The van der Waals surface area contributed by atoms with Crippen molar-refractivity contribution in [3.8, 4) is 0 Å². The molecule has 5 rings (SSSR count). The number of hydrogen-bond donors (Lipinski definition) is 1. The van der Waals surface area contributed by atoms with Gasteiger partial charge < -0.3 is 10.5 Å². The summed E-state index contributed by atoms with van der Waals surface area (Å²) >= 11 is 0. The van der Waals surface area contributed by atoms with Crippen LogP contribution in [0.2, 0.25) is 0 Å². The monoisotopic (exact) mass is 235 g/mol.